The van der Waals surface area contributed by atoms with E-state index in [1.54, 1.807) is 19.9 Å². The summed E-state index contributed by atoms with van der Waals surface area (Å²) in [6.45, 7) is 5.60. The molecule has 1 amide bonds. The molecule has 1 saturated heterocycles. The van der Waals surface area contributed by atoms with Gasteiger partial charge in [0.1, 0.15) is 6.10 Å². The Morgan fingerprint density at radius 1 is 1.31 bits per heavy atom. The van der Waals surface area contributed by atoms with Crippen LogP contribution in [0.2, 0.25) is 0 Å². The van der Waals surface area contributed by atoms with Crippen molar-refractivity contribution >= 4 is 21.7 Å². The molecule has 1 aliphatic heterocycles. The van der Waals surface area contributed by atoms with E-state index < -0.39 is 15.8 Å². The van der Waals surface area contributed by atoms with E-state index in [9.17, 15) is 18.0 Å². The highest BCUT2D eigenvalue weighted by atomic mass is 32.2. The lowest BCUT2D eigenvalue weighted by atomic mass is 10.2. The van der Waals surface area contributed by atoms with Gasteiger partial charge in [0.05, 0.1) is 11.5 Å². The highest BCUT2D eigenvalue weighted by Gasteiger charge is 2.32. The fraction of sp³-hybridized carbons (Fsp3) is 0.529. The van der Waals surface area contributed by atoms with Crippen molar-refractivity contribution in [2.45, 2.75) is 44.0 Å². The van der Waals surface area contributed by atoms with Gasteiger partial charge in [-0.3, -0.25) is 9.59 Å². The van der Waals surface area contributed by atoms with Crippen LogP contribution < -0.4 is 10.0 Å². The van der Waals surface area contributed by atoms with E-state index >= 15 is 0 Å². The number of sulfonamides is 1. The summed E-state index contributed by atoms with van der Waals surface area (Å²) in [6, 6.07) is 5.76. The molecule has 0 bridgehead atoms. The van der Waals surface area contributed by atoms with Gasteiger partial charge >= 0.3 is 0 Å². The van der Waals surface area contributed by atoms with E-state index in [1.807, 2.05) is 0 Å². The summed E-state index contributed by atoms with van der Waals surface area (Å²) in [5.74, 6) is -1.17. The van der Waals surface area contributed by atoms with Gasteiger partial charge in [0, 0.05) is 25.1 Å². The molecule has 1 atom stereocenters. The zero-order valence-corrected chi connectivity index (χ0v) is 15.9. The summed E-state index contributed by atoms with van der Waals surface area (Å²) < 4.78 is 37.8. The Bertz CT molecular complexity index is 775. The molecular formula is C17H24N2O6S. The number of benzene rings is 1. The normalized spacial score (nSPS) is 19.3. The first-order chi connectivity index (χ1) is 12.1. The molecule has 0 spiro atoms. The minimum atomic E-state index is -3.78. The first kappa shape index (κ1) is 20.5. The van der Waals surface area contributed by atoms with Crippen molar-refractivity contribution in [2.75, 3.05) is 19.7 Å². The SMILES string of the molecule is CC(=O)c1cccc(S(=O)(=O)NCCC(=O)NC[C@H]2COC(C)(C)O2)c1. The molecule has 1 aliphatic rings. The Balaban J connectivity index is 1.78. The van der Waals surface area contributed by atoms with Crippen molar-refractivity contribution < 1.29 is 27.5 Å². The van der Waals surface area contributed by atoms with Gasteiger partial charge in [-0.05, 0) is 32.9 Å². The number of ketones is 1. The van der Waals surface area contributed by atoms with Crippen molar-refractivity contribution in [2.24, 2.45) is 0 Å². The molecule has 1 fully saturated rings. The summed E-state index contributed by atoms with van der Waals surface area (Å²) in [5.41, 5.74) is 0.312. The van der Waals surface area contributed by atoms with Crippen molar-refractivity contribution in [1.29, 1.82) is 0 Å². The fourth-order valence-corrected chi connectivity index (χ4v) is 3.52. The maximum Gasteiger partial charge on any atom is 0.240 e. The van der Waals surface area contributed by atoms with Crippen LogP contribution >= 0.6 is 0 Å². The quantitative estimate of drug-likeness (QED) is 0.642. The second kappa shape index (κ2) is 8.26. The molecule has 2 rings (SSSR count). The minimum absolute atomic E-state index is 0.00987. The number of carbonyl (C=O) groups excluding carboxylic acids is 2. The van der Waals surface area contributed by atoms with E-state index in [0.29, 0.717) is 18.7 Å². The molecule has 144 valence electrons. The number of hydrogen-bond acceptors (Lipinski definition) is 6. The summed E-state index contributed by atoms with van der Waals surface area (Å²) in [7, 11) is -3.78. The predicted molar refractivity (Wildman–Crippen MR) is 94.2 cm³/mol. The zero-order valence-electron chi connectivity index (χ0n) is 15.1. The zero-order chi connectivity index (χ0) is 19.4. The monoisotopic (exact) mass is 384 g/mol. The van der Waals surface area contributed by atoms with Crippen LogP contribution in [-0.2, 0) is 24.3 Å². The Kier molecular flexibility index (Phi) is 6.51. The van der Waals surface area contributed by atoms with Crippen LogP contribution in [0.15, 0.2) is 29.2 Å². The van der Waals surface area contributed by atoms with Crippen molar-refractivity contribution in [3.8, 4) is 0 Å². The average Bonchev–Trinajstić information content (AvgIpc) is 2.92. The summed E-state index contributed by atoms with van der Waals surface area (Å²) in [6.07, 6.45) is -0.234. The van der Waals surface area contributed by atoms with Crippen LogP contribution in [0, 0.1) is 0 Å². The Morgan fingerprint density at radius 2 is 2.04 bits per heavy atom. The van der Waals surface area contributed by atoms with E-state index in [2.05, 4.69) is 10.0 Å². The molecule has 8 nitrogen and oxygen atoms in total. The van der Waals surface area contributed by atoms with Crippen molar-refractivity contribution in [3.63, 3.8) is 0 Å². The summed E-state index contributed by atoms with van der Waals surface area (Å²) in [4.78, 5) is 23.2. The van der Waals surface area contributed by atoms with Gasteiger partial charge in [0.2, 0.25) is 15.9 Å². The Hall–Kier alpha value is -1.81. The number of carbonyl (C=O) groups is 2. The van der Waals surface area contributed by atoms with E-state index in [4.69, 9.17) is 9.47 Å². The van der Waals surface area contributed by atoms with Crippen LogP contribution in [0.5, 0.6) is 0 Å². The van der Waals surface area contributed by atoms with Gasteiger partial charge in [-0.1, -0.05) is 12.1 Å². The van der Waals surface area contributed by atoms with Gasteiger partial charge in [0.25, 0.3) is 0 Å². The molecule has 1 heterocycles. The smallest absolute Gasteiger partial charge is 0.240 e. The average molecular weight is 384 g/mol. The second-order valence-corrected chi connectivity index (χ2v) is 8.25. The van der Waals surface area contributed by atoms with Crippen LogP contribution in [0.4, 0.5) is 0 Å². The number of ether oxygens (including phenoxy) is 2. The molecule has 0 aliphatic carbocycles. The van der Waals surface area contributed by atoms with Gasteiger partial charge in [-0.15, -0.1) is 0 Å². The number of rotatable bonds is 8. The maximum absolute atomic E-state index is 12.2. The third-order valence-corrected chi connectivity index (χ3v) is 5.25. The molecule has 2 N–H and O–H groups in total. The number of Topliss-reactive ketones (excluding diaryl/α,β-unsaturated/α-hetero) is 1. The number of amides is 1. The van der Waals surface area contributed by atoms with Crippen LogP contribution in [0.1, 0.15) is 37.6 Å². The molecule has 26 heavy (non-hydrogen) atoms. The number of nitrogens with one attached hydrogen (secondary N) is 2. The Labute approximate surface area is 153 Å². The van der Waals surface area contributed by atoms with Gasteiger partial charge in [0.15, 0.2) is 11.6 Å². The van der Waals surface area contributed by atoms with Crippen LogP contribution in [0.25, 0.3) is 0 Å². The lowest BCUT2D eigenvalue weighted by Gasteiger charge is -2.17. The highest BCUT2D eigenvalue weighted by Crippen LogP contribution is 2.21. The predicted octanol–water partition coefficient (Wildman–Crippen LogP) is 0.825. The topological polar surface area (TPSA) is 111 Å². The van der Waals surface area contributed by atoms with Gasteiger partial charge in [-0.2, -0.15) is 0 Å². The van der Waals surface area contributed by atoms with Gasteiger partial charge < -0.3 is 14.8 Å². The molecule has 0 radical (unpaired) electrons. The molecular weight excluding hydrogens is 360 g/mol. The lowest BCUT2D eigenvalue weighted by Crippen LogP contribution is -2.36. The summed E-state index contributed by atoms with van der Waals surface area (Å²) >= 11 is 0. The highest BCUT2D eigenvalue weighted by molar-refractivity contribution is 7.89. The fourth-order valence-electron chi connectivity index (χ4n) is 2.44. The first-order valence-electron chi connectivity index (χ1n) is 8.28. The number of hydrogen-bond donors (Lipinski definition) is 2. The van der Waals surface area contributed by atoms with E-state index in [-0.39, 0.29) is 35.7 Å². The van der Waals surface area contributed by atoms with E-state index in [1.165, 1.54) is 25.1 Å². The molecule has 1 aromatic carbocycles. The van der Waals surface area contributed by atoms with Crippen LogP contribution in [-0.4, -0.2) is 51.7 Å². The first-order valence-corrected chi connectivity index (χ1v) is 9.76. The molecule has 0 saturated carbocycles. The Morgan fingerprint density at radius 3 is 2.65 bits per heavy atom. The van der Waals surface area contributed by atoms with Crippen molar-refractivity contribution in [3.05, 3.63) is 29.8 Å². The third-order valence-electron chi connectivity index (χ3n) is 3.79. The lowest BCUT2D eigenvalue weighted by molar-refractivity contribution is -0.139. The van der Waals surface area contributed by atoms with Crippen LogP contribution in [0.3, 0.4) is 0 Å². The molecule has 0 unspecified atom stereocenters. The molecule has 9 heteroatoms. The maximum atomic E-state index is 12.2. The molecule has 0 aromatic heterocycles. The second-order valence-electron chi connectivity index (χ2n) is 6.49. The van der Waals surface area contributed by atoms with E-state index in [0.717, 1.165) is 0 Å². The molecule has 1 aromatic rings. The van der Waals surface area contributed by atoms with Gasteiger partial charge in [-0.25, -0.2) is 13.1 Å². The minimum Gasteiger partial charge on any atom is -0.353 e. The summed E-state index contributed by atoms with van der Waals surface area (Å²) in [5, 5.41) is 2.69. The largest absolute Gasteiger partial charge is 0.353 e. The third kappa shape index (κ3) is 5.87. The van der Waals surface area contributed by atoms with Crippen molar-refractivity contribution in [1.82, 2.24) is 10.0 Å². The standard InChI is InChI=1S/C17H24N2O6S/c1-12(20)13-5-4-6-15(9-13)26(22,23)19-8-7-16(21)18-10-14-11-24-17(2,3)25-14/h4-6,9,14,19H,7-8,10-11H2,1-3H3,(H,18,21)/t14-/m0/s1.